The highest BCUT2D eigenvalue weighted by Crippen LogP contribution is 2.18. The molecule has 0 saturated carbocycles. The second-order valence-corrected chi connectivity index (χ2v) is 7.09. The number of nitrogens with one attached hydrogen (secondary N) is 1. The molecule has 2 aromatic rings. The number of carbonyl (C=O) groups is 2. The Kier molecular flexibility index (Phi) is 7.21. The van der Waals surface area contributed by atoms with Gasteiger partial charge >= 0.3 is 0 Å². The van der Waals surface area contributed by atoms with Crippen LogP contribution in [0.15, 0.2) is 48.5 Å². The molecule has 0 unspecified atom stereocenters. The Balaban J connectivity index is 1.65. The van der Waals surface area contributed by atoms with E-state index in [2.05, 4.69) is 10.2 Å². The summed E-state index contributed by atoms with van der Waals surface area (Å²) in [5.74, 6) is -0.552. The minimum absolute atomic E-state index is 0.170. The maximum atomic E-state index is 12.6. The van der Waals surface area contributed by atoms with Gasteiger partial charge in [0.25, 0.3) is 11.8 Å². The van der Waals surface area contributed by atoms with Crippen LogP contribution in [0.25, 0.3) is 0 Å². The molecule has 3 rings (SSSR count). The number of carbonyl (C=O) groups excluding carboxylic acids is 2. The molecular formula is C22H27N3O4. The maximum Gasteiger partial charge on any atom is 0.258 e. The third kappa shape index (κ3) is 6.04. The van der Waals surface area contributed by atoms with Gasteiger partial charge in [0.1, 0.15) is 5.75 Å². The minimum atomic E-state index is -0.592. The number of hydrogen-bond donors (Lipinski definition) is 2. The number of primary amides is 1. The lowest BCUT2D eigenvalue weighted by atomic mass is 10.0. The summed E-state index contributed by atoms with van der Waals surface area (Å²) in [6.07, 6.45) is 0. The van der Waals surface area contributed by atoms with Gasteiger partial charge < -0.3 is 20.5 Å². The number of morpholine rings is 1. The first-order valence-corrected chi connectivity index (χ1v) is 9.70. The number of benzene rings is 2. The molecule has 1 heterocycles. The van der Waals surface area contributed by atoms with Gasteiger partial charge in [-0.15, -0.1) is 0 Å². The molecule has 0 bridgehead atoms. The summed E-state index contributed by atoms with van der Waals surface area (Å²) in [4.78, 5) is 26.4. The highest BCUT2D eigenvalue weighted by Gasteiger charge is 2.21. The van der Waals surface area contributed by atoms with Crippen molar-refractivity contribution < 1.29 is 19.1 Å². The zero-order chi connectivity index (χ0) is 20.6. The number of nitrogens with two attached hydrogens (primary N) is 1. The number of nitrogens with zero attached hydrogens (tertiary/aromatic N) is 1. The van der Waals surface area contributed by atoms with Gasteiger partial charge in [-0.1, -0.05) is 42.0 Å². The third-order valence-electron chi connectivity index (χ3n) is 4.87. The van der Waals surface area contributed by atoms with Crippen molar-refractivity contribution >= 4 is 11.8 Å². The number of aryl methyl sites for hydroxylation is 1. The molecule has 0 radical (unpaired) electrons. The van der Waals surface area contributed by atoms with E-state index in [-0.39, 0.29) is 24.1 Å². The van der Waals surface area contributed by atoms with Crippen LogP contribution < -0.4 is 15.8 Å². The van der Waals surface area contributed by atoms with Crippen LogP contribution >= 0.6 is 0 Å². The van der Waals surface area contributed by atoms with Gasteiger partial charge in [0, 0.05) is 19.6 Å². The van der Waals surface area contributed by atoms with E-state index in [1.807, 2.05) is 31.2 Å². The van der Waals surface area contributed by atoms with Crippen LogP contribution in [-0.2, 0) is 9.53 Å². The van der Waals surface area contributed by atoms with E-state index >= 15 is 0 Å². The first kappa shape index (κ1) is 20.8. The zero-order valence-electron chi connectivity index (χ0n) is 16.6. The van der Waals surface area contributed by atoms with Crippen LogP contribution in [0.3, 0.4) is 0 Å². The maximum absolute atomic E-state index is 12.6. The van der Waals surface area contributed by atoms with Gasteiger partial charge in [-0.25, -0.2) is 0 Å². The van der Waals surface area contributed by atoms with Crippen molar-refractivity contribution in [2.75, 3.05) is 39.5 Å². The lowest BCUT2D eigenvalue weighted by Crippen LogP contribution is -2.44. The Morgan fingerprint density at radius 2 is 1.83 bits per heavy atom. The predicted octanol–water partition coefficient (Wildman–Crippen LogP) is 1.66. The molecule has 0 aliphatic carbocycles. The first-order chi connectivity index (χ1) is 14.0. The summed E-state index contributed by atoms with van der Waals surface area (Å²) in [6, 6.07) is 14.6. The van der Waals surface area contributed by atoms with Crippen LogP contribution in [-0.4, -0.2) is 56.2 Å². The van der Waals surface area contributed by atoms with Crippen molar-refractivity contribution in [3.63, 3.8) is 0 Å². The van der Waals surface area contributed by atoms with Crippen LogP contribution in [0.5, 0.6) is 5.75 Å². The Bertz CT molecular complexity index is 832. The fraction of sp³-hybridized carbons (Fsp3) is 0.364. The van der Waals surface area contributed by atoms with Gasteiger partial charge in [0.2, 0.25) is 0 Å². The second-order valence-electron chi connectivity index (χ2n) is 7.09. The van der Waals surface area contributed by atoms with Gasteiger partial charge in [-0.2, -0.15) is 0 Å². The van der Waals surface area contributed by atoms with Crippen molar-refractivity contribution in [2.24, 2.45) is 5.73 Å². The topological polar surface area (TPSA) is 93.9 Å². The number of para-hydroxylation sites is 1. The standard InChI is InChI=1S/C22H27N3O4/c1-16-6-8-17(9-7-16)19(14-25-10-12-28-13-11-25)24-21(26)15-29-20-5-3-2-4-18(20)22(23)27/h2-9,19H,10-15H2,1H3,(H2,23,27)(H,24,26)/t19-/m0/s1. The summed E-state index contributed by atoms with van der Waals surface area (Å²) in [6.45, 7) is 5.58. The number of hydrogen-bond acceptors (Lipinski definition) is 5. The van der Waals surface area contributed by atoms with Crippen molar-refractivity contribution in [1.29, 1.82) is 0 Å². The van der Waals surface area contributed by atoms with Crippen molar-refractivity contribution in [1.82, 2.24) is 10.2 Å². The Hall–Kier alpha value is -2.90. The molecule has 29 heavy (non-hydrogen) atoms. The van der Waals surface area contributed by atoms with E-state index in [0.29, 0.717) is 25.5 Å². The summed E-state index contributed by atoms with van der Waals surface area (Å²) in [5, 5.41) is 3.06. The summed E-state index contributed by atoms with van der Waals surface area (Å²) in [7, 11) is 0. The average Bonchev–Trinajstić information content (AvgIpc) is 2.73. The summed E-state index contributed by atoms with van der Waals surface area (Å²) >= 11 is 0. The van der Waals surface area contributed by atoms with Gasteiger partial charge in [-0.3, -0.25) is 14.5 Å². The average molecular weight is 397 g/mol. The molecule has 2 amide bonds. The Morgan fingerprint density at radius 3 is 2.52 bits per heavy atom. The van der Waals surface area contributed by atoms with E-state index < -0.39 is 5.91 Å². The largest absolute Gasteiger partial charge is 0.483 e. The smallest absolute Gasteiger partial charge is 0.258 e. The Labute approximate surface area is 170 Å². The lowest BCUT2D eigenvalue weighted by Gasteiger charge is -2.31. The van der Waals surface area contributed by atoms with Gasteiger partial charge in [-0.05, 0) is 24.6 Å². The molecule has 0 spiro atoms. The predicted molar refractivity (Wildman–Crippen MR) is 110 cm³/mol. The molecule has 154 valence electrons. The SMILES string of the molecule is Cc1ccc([C@H](CN2CCOCC2)NC(=O)COc2ccccc2C(N)=O)cc1. The van der Waals surface area contributed by atoms with Gasteiger partial charge in [0.15, 0.2) is 6.61 Å². The molecular weight excluding hydrogens is 370 g/mol. The zero-order valence-corrected chi connectivity index (χ0v) is 16.6. The fourth-order valence-corrected chi connectivity index (χ4v) is 3.25. The molecule has 7 nitrogen and oxygen atoms in total. The van der Waals surface area contributed by atoms with E-state index in [1.54, 1.807) is 24.3 Å². The fourth-order valence-electron chi connectivity index (χ4n) is 3.25. The minimum Gasteiger partial charge on any atom is -0.483 e. The van der Waals surface area contributed by atoms with E-state index in [1.165, 1.54) is 0 Å². The molecule has 2 aromatic carbocycles. The number of ether oxygens (including phenoxy) is 2. The van der Waals surface area contributed by atoms with E-state index in [0.717, 1.165) is 24.2 Å². The molecule has 1 aliphatic rings. The molecule has 3 N–H and O–H groups in total. The molecule has 1 aliphatic heterocycles. The molecule has 0 aromatic heterocycles. The van der Waals surface area contributed by atoms with Crippen molar-refractivity contribution in [3.8, 4) is 5.75 Å². The number of amides is 2. The lowest BCUT2D eigenvalue weighted by molar-refractivity contribution is -0.124. The second kappa shape index (κ2) is 10.0. The van der Waals surface area contributed by atoms with Gasteiger partial charge in [0.05, 0.1) is 24.8 Å². The van der Waals surface area contributed by atoms with E-state index in [9.17, 15) is 9.59 Å². The monoisotopic (exact) mass is 397 g/mol. The summed E-state index contributed by atoms with van der Waals surface area (Å²) < 4.78 is 11.0. The molecule has 1 saturated heterocycles. The van der Waals surface area contributed by atoms with Crippen LogP contribution in [0.1, 0.15) is 27.5 Å². The van der Waals surface area contributed by atoms with Crippen LogP contribution in [0.4, 0.5) is 0 Å². The summed E-state index contributed by atoms with van der Waals surface area (Å²) in [5.41, 5.74) is 7.81. The number of rotatable bonds is 8. The quantitative estimate of drug-likeness (QED) is 0.707. The highest BCUT2D eigenvalue weighted by molar-refractivity contribution is 5.95. The molecule has 7 heteroatoms. The van der Waals surface area contributed by atoms with Crippen molar-refractivity contribution in [2.45, 2.75) is 13.0 Å². The normalized spacial score (nSPS) is 15.5. The molecule has 1 fully saturated rings. The highest BCUT2D eigenvalue weighted by atomic mass is 16.5. The van der Waals surface area contributed by atoms with Crippen molar-refractivity contribution in [3.05, 3.63) is 65.2 Å². The molecule has 1 atom stereocenters. The Morgan fingerprint density at radius 1 is 1.14 bits per heavy atom. The van der Waals surface area contributed by atoms with Crippen LogP contribution in [0, 0.1) is 6.92 Å². The van der Waals surface area contributed by atoms with Crippen LogP contribution in [0.2, 0.25) is 0 Å². The third-order valence-corrected chi connectivity index (χ3v) is 4.87. The van der Waals surface area contributed by atoms with E-state index in [4.69, 9.17) is 15.2 Å². The first-order valence-electron chi connectivity index (χ1n) is 9.70.